The Hall–Kier alpha value is -1.75. The van der Waals surface area contributed by atoms with Gasteiger partial charge in [-0.2, -0.15) is 0 Å². The molecule has 1 aromatic rings. The Kier molecular flexibility index (Phi) is 5.66. The van der Waals surface area contributed by atoms with Crippen molar-refractivity contribution in [3.05, 3.63) is 28.8 Å². The van der Waals surface area contributed by atoms with Gasteiger partial charge in [0.1, 0.15) is 11.3 Å². The lowest BCUT2D eigenvalue weighted by Crippen LogP contribution is -2.42. The van der Waals surface area contributed by atoms with E-state index in [1.165, 1.54) is 24.6 Å². The molecule has 0 radical (unpaired) electrons. The number of ether oxygens (including phenoxy) is 1. The van der Waals surface area contributed by atoms with Crippen LogP contribution in [0.5, 0.6) is 5.75 Å². The van der Waals surface area contributed by atoms with Gasteiger partial charge >= 0.3 is 5.97 Å². The Morgan fingerprint density at radius 1 is 1.36 bits per heavy atom. The number of phenolic OH excluding ortho intramolecular Hbond substituents is 1. The summed E-state index contributed by atoms with van der Waals surface area (Å²) in [6.45, 7) is 1.74. The zero-order chi connectivity index (χ0) is 16.1. The second-order valence-electron chi connectivity index (χ2n) is 5.67. The van der Waals surface area contributed by atoms with Crippen molar-refractivity contribution in [3.63, 3.8) is 0 Å². The van der Waals surface area contributed by atoms with Crippen LogP contribution in [-0.4, -0.2) is 29.6 Å². The van der Waals surface area contributed by atoms with Gasteiger partial charge in [0.05, 0.1) is 0 Å². The summed E-state index contributed by atoms with van der Waals surface area (Å²) in [5, 5.41) is 12.8. The van der Waals surface area contributed by atoms with Crippen LogP contribution >= 0.6 is 11.6 Å². The first-order valence-corrected chi connectivity index (χ1v) is 7.80. The first kappa shape index (κ1) is 16.6. The van der Waals surface area contributed by atoms with Crippen LogP contribution in [0.4, 0.5) is 0 Å². The number of aromatic hydroxyl groups is 1. The average molecular weight is 326 g/mol. The molecule has 0 saturated heterocycles. The third kappa shape index (κ3) is 4.37. The topological polar surface area (TPSA) is 75.6 Å². The van der Waals surface area contributed by atoms with Crippen LogP contribution in [-0.2, 0) is 9.53 Å². The molecule has 1 aliphatic carbocycles. The Morgan fingerprint density at radius 3 is 2.82 bits per heavy atom. The lowest BCUT2D eigenvalue weighted by Gasteiger charge is -2.29. The summed E-state index contributed by atoms with van der Waals surface area (Å²) in [5.41, 5.74) is -0.0497. The van der Waals surface area contributed by atoms with E-state index in [1.807, 2.05) is 0 Å². The average Bonchev–Trinajstić information content (AvgIpc) is 2.49. The van der Waals surface area contributed by atoms with Crippen LogP contribution in [0.1, 0.15) is 43.0 Å². The molecule has 0 heterocycles. The van der Waals surface area contributed by atoms with E-state index in [2.05, 4.69) is 12.2 Å². The molecule has 2 N–H and O–H groups in total. The van der Waals surface area contributed by atoms with Gasteiger partial charge in [0.25, 0.3) is 5.91 Å². The molecule has 0 aromatic heterocycles. The van der Waals surface area contributed by atoms with E-state index in [0.29, 0.717) is 10.9 Å². The van der Waals surface area contributed by atoms with Gasteiger partial charge in [0, 0.05) is 11.1 Å². The molecular formula is C16H20ClNO4. The second kappa shape index (κ2) is 7.49. The van der Waals surface area contributed by atoms with Crippen molar-refractivity contribution in [1.29, 1.82) is 0 Å². The van der Waals surface area contributed by atoms with Gasteiger partial charge in [-0.3, -0.25) is 4.79 Å². The minimum Gasteiger partial charge on any atom is -0.507 e. The van der Waals surface area contributed by atoms with Gasteiger partial charge in [0.15, 0.2) is 6.61 Å². The molecule has 1 aliphatic rings. The van der Waals surface area contributed by atoms with Gasteiger partial charge in [-0.15, -0.1) is 0 Å². The lowest BCUT2D eigenvalue weighted by molar-refractivity contribution is -0.125. The third-order valence-corrected chi connectivity index (χ3v) is 4.21. The fourth-order valence-corrected chi connectivity index (χ4v) is 2.83. The number of esters is 1. The molecule has 5 nitrogen and oxygen atoms in total. The highest BCUT2D eigenvalue weighted by atomic mass is 35.5. The molecule has 22 heavy (non-hydrogen) atoms. The number of carbonyl (C=O) groups excluding carboxylic acids is 2. The van der Waals surface area contributed by atoms with Crippen molar-refractivity contribution >= 4 is 23.5 Å². The largest absolute Gasteiger partial charge is 0.507 e. The van der Waals surface area contributed by atoms with Crippen molar-refractivity contribution in [3.8, 4) is 5.75 Å². The monoisotopic (exact) mass is 325 g/mol. The molecule has 2 atom stereocenters. The normalized spacial score (nSPS) is 21.2. The van der Waals surface area contributed by atoms with Gasteiger partial charge in [-0.1, -0.05) is 31.4 Å². The molecule has 0 unspecified atom stereocenters. The van der Waals surface area contributed by atoms with Crippen LogP contribution in [0, 0.1) is 5.92 Å². The Bertz CT molecular complexity index is 561. The summed E-state index contributed by atoms with van der Waals surface area (Å²) in [5.74, 6) is -0.887. The van der Waals surface area contributed by atoms with Crippen LogP contribution in [0.3, 0.4) is 0 Å². The summed E-state index contributed by atoms with van der Waals surface area (Å²) in [6.07, 6.45) is 4.35. The maximum atomic E-state index is 11.9. The summed E-state index contributed by atoms with van der Waals surface area (Å²) in [6, 6.07) is 4.22. The first-order valence-electron chi connectivity index (χ1n) is 7.42. The molecule has 0 aliphatic heterocycles. The number of benzene rings is 1. The van der Waals surface area contributed by atoms with Crippen molar-refractivity contribution in [2.45, 2.75) is 38.6 Å². The zero-order valence-corrected chi connectivity index (χ0v) is 13.2. The van der Waals surface area contributed by atoms with Crippen molar-refractivity contribution in [2.75, 3.05) is 6.61 Å². The van der Waals surface area contributed by atoms with Crippen molar-refractivity contribution in [2.24, 2.45) is 5.92 Å². The number of phenols is 1. The fraction of sp³-hybridized carbons (Fsp3) is 0.500. The molecule has 1 fully saturated rings. The smallest absolute Gasteiger partial charge is 0.342 e. The first-order chi connectivity index (χ1) is 10.5. The quantitative estimate of drug-likeness (QED) is 0.835. The van der Waals surface area contributed by atoms with E-state index in [9.17, 15) is 14.7 Å². The predicted octanol–water partition coefficient (Wildman–Crippen LogP) is 2.90. The zero-order valence-electron chi connectivity index (χ0n) is 12.5. The van der Waals surface area contributed by atoms with Gasteiger partial charge < -0.3 is 15.2 Å². The number of amides is 1. The fourth-order valence-electron chi connectivity index (χ4n) is 2.66. The third-order valence-electron chi connectivity index (χ3n) is 3.97. The standard InChI is InChI=1S/C16H20ClNO4/c1-10-4-2-3-5-13(10)18-15(20)9-22-16(21)12-8-11(17)6-7-14(12)19/h6-8,10,13,19H,2-5,9H2,1H3,(H,18,20)/t10-,13-/m0/s1. The van der Waals surface area contributed by atoms with Crippen molar-refractivity contribution < 1.29 is 19.4 Å². The SMILES string of the molecule is C[C@H]1CCCC[C@@H]1NC(=O)COC(=O)c1cc(Cl)ccc1O. The van der Waals surface area contributed by atoms with Crippen LogP contribution in [0.15, 0.2) is 18.2 Å². The summed E-state index contributed by atoms with van der Waals surface area (Å²) in [4.78, 5) is 23.7. The molecular weight excluding hydrogens is 306 g/mol. The molecule has 2 rings (SSSR count). The summed E-state index contributed by atoms with van der Waals surface area (Å²) < 4.78 is 4.93. The molecule has 1 aromatic carbocycles. The molecule has 120 valence electrons. The number of rotatable bonds is 4. The van der Waals surface area contributed by atoms with E-state index in [1.54, 1.807) is 0 Å². The van der Waals surface area contributed by atoms with Gasteiger partial charge in [0.2, 0.25) is 0 Å². The van der Waals surface area contributed by atoms with Gasteiger partial charge in [-0.25, -0.2) is 4.79 Å². The molecule has 1 amide bonds. The van der Waals surface area contributed by atoms with E-state index < -0.39 is 5.97 Å². The number of halogens is 1. The molecule has 6 heteroatoms. The second-order valence-corrected chi connectivity index (χ2v) is 6.11. The van der Waals surface area contributed by atoms with Gasteiger partial charge in [-0.05, 0) is 37.0 Å². The van der Waals surface area contributed by atoms with E-state index in [-0.39, 0.29) is 29.9 Å². The summed E-state index contributed by atoms with van der Waals surface area (Å²) in [7, 11) is 0. The number of hydrogen-bond acceptors (Lipinski definition) is 4. The number of hydrogen-bond donors (Lipinski definition) is 2. The Balaban J connectivity index is 1.85. The predicted molar refractivity (Wildman–Crippen MR) is 83.0 cm³/mol. The van der Waals surface area contributed by atoms with Crippen LogP contribution < -0.4 is 5.32 Å². The number of nitrogens with one attached hydrogen (secondary N) is 1. The highest BCUT2D eigenvalue weighted by molar-refractivity contribution is 6.31. The highest BCUT2D eigenvalue weighted by Gasteiger charge is 2.23. The summed E-state index contributed by atoms with van der Waals surface area (Å²) >= 11 is 5.77. The van der Waals surface area contributed by atoms with E-state index in [4.69, 9.17) is 16.3 Å². The van der Waals surface area contributed by atoms with Crippen LogP contribution in [0.2, 0.25) is 5.02 Å². The van der Waals surface area contributed by atoms with E-state index >= 15 is 0 Å². The minimum atomic E-state index is -0.771. The highest BCUT2D eigenvalue weighted by Crippen LogP contribution is 2.24. The van der Waals surface area contributed by atoms with E-state index in [0.717, 1.165) is 19.3 Å². The van der Waals surface area contributed by atoms with Crippen LogP contribution in [0.25, 0.3) is 0 Å². The maximum Gasteiger partial charge on any atom is 0.342 e. The maximum absolute atomic E-state index is 11.9. The minimum absolute atomic E-state index is 0.0497. The Labute approximate surface area is 134 Å². The van der Waals surface area contributed by atoms with Crippen molar-refractivity contribution in [1.82, 2.24) is 5.32 Å². The number of carbonyl (C=O) groups is 2. The lowest BCUT2D eigenvalue weighted by atomic mass is 9.86. The molecule has 0 bridgehead atoms. The molecule has 1 saturated carbocycles. The molecule has 0 spiro atoms. The Morgan fingerprint density at radius 2 is 2.09 bits per heavy atom.